The summed E-state index contributed by atoms with van der Waals surface area (Å²) in [4.78, 5) is 34.0. The Morgan fingerprint density at radius 1 is 0.970 bits per heavy atom. The van der Waals surface area contributed by atoms with Crippen molar-refractivity contribution in [1.82, 2.24) is 14.5 Å². The maximum atomic E-state index is 13.5. The molecule has 0 saturated heterocycles. The monoisotopic (exact) mass is 494 g/mol. The second-order valence-corrected chi connectivity index (χ2v) is 9.06. The van der Waals surface area contributed by atoms with Crippen LogP contribution >= 0.6 is 35.0 Å². The quantitative estimate of drug-likeness (QED) is 0.235. The van der Waals surface area contributed by atoms with E-state index in [0.717, 1.165) is 10.9 Å². The molecule has 6 nitrogen and oxygen atoms in total. The number of halogens is 2. The Kier molecular flexibility index (Phi) is 5.85. The highest BCUT2D eigenvalue weighted by Gasteiger charge is 2.18. The molecule has 0 bridgehead atoms. The molecule has 0 aliphatic rings. The molecular formula is C24H16Cl2N4O2S. The highest BCUT2D eigenvalue weighted by atomic mass is 35.5. The molecule has 164 valence electrons. The fraction of sp³-hybridized carbons (Fsp3) is 0.0417. The van der Waals surface area contributed by atoms with Crippen molar-refractivity contribution in [2.24, 2.45) is 0 Å². The standard InChI is InChI=1S/C24H16Cl2N4O2S/c25-14-5-9-16(10-6-14)27-20(31)13-33-24-29-21-18-3-1-2-4-19(18)28-22(21)23(32)30(24)17-11-7-15(26)8-12-17/h1-12,28H,13H2,(H,27,31). The van der Waals surface area contributed by atoms with Gasteiger partial charge in [-0.25, -0.2) is 4.98 Å². The van der Waals surface area contributed by atoms with Gasteiger partial charge in [0.05, 0.1) is 11.4 Å². The summed E-state index contributed by atoms with van der Waals surface area (Å²) in [6.07, 6.45) is 0. The van der Waals surface area contributed by atoms with Gasteiger partial charge in [-0.2, -0.15) is 0 Å². The zero-order valence-electron chi connectivity index (χ0n) is 17.0. The molecule has 0 fully saturated rings. The number of H-pyrrole nitrogens is 1. The van der Waals surface area contributed by atoms with E-state index in [-0.39, 0.29) is 17.2 Å². The third-order valence-electron chi connectivity index (χ3n) is 5.04. The van der Waals surface area contributed by atoms with E-state index >= 15 is 0 Å². The lowest BCUT2D eigenvalue weighted by atomic mass is 10.2. The van der Waals surface area contributed by atoms with Gasteiger partial charge in [-0.15, -0.1) is 0 Å². The second kappa shape index (κ2) is 8.94. The van der Waals surface area contributed by atoms with Crippen LogP contribution in [-0.2, 0) is 4.79 Å². The summed E-state index contributed by atoms with van der Waals surface area (Å²) in [7, 11) is 0. The first kappa shape index (κ1) is 21.6. The number of rotatable bonds is 5. The highest BCUT2D eigenvalue weighted by molar-refractivity contribution is 7.99. The van der Waals surface area contributed by atoms with Crippen LogP contribution < -0.4 is 10.9 Å². The number of carbonyl (C=O) groups excluding carboxylic acids is 1. The molecule has 0 saturated carbocycles. The molecule has 0 spiro atoms. The van der Waals surface area contributed by atoms with Gasteiger partial charge in [-0.1, -0.05) is 53.2 Å². The van der Waals surface area contributed by atoms with Gasteiger partial charge in [-0.3, -0.25) is 14.2 Å². The minimum absolute atomic E-state index is 0.0660. The van der Waals surface area contributed by atoms with Crippen LogP contribution in [0, 0.1) is 0 Å². The molecule has 2 heterocycles. The van der Waals surface area contributed by atoms with E-state index in [1.165, 1.54) is 16.3 Å². The number of hydrogen-bond acceptors (Lipinski definition) is 4. The Bertz CT molecular complexity index is 1540. The number of benzene rings is 3. The first-order valence-corrected chi connectivity index (χ1v) is 11.7. The van der Waals surface area contributed by atoms with E-state index in [1.807, 2.05) is 24.3 Å². The molecule has 3 aromatic carbocycles. The Labute approximate surface area is 202 Å². The van der Waals surface area contributed by atoms with E-state index in [2.05, 4.69) is 10.3 Å². The summed E-state index contributed by atoms with van der Waals surface area (Å²) in [6.45, 7) is 0. The molecule has 0 aliphatic carbocycles. The van der Waals surface area contributed by atoms with Gasteiger partial charge in [0.15, 0.2) is 5.16 Å². The average molecular weight is 495 g/mol. The molecule has 0 atom stereocenters. The Morgan fingerprint density at radius 3 is 2.36 bits per heavy atom. The average Bonchev–Trinajstić information content (AvgIpc) is 3.19. The summed E-state index contributed by atoms with van der Waals surface area (Å²) in [6, 6.07) is 21.4. The van der Waals surface area contributed by atoms with Crippen molar-refractivity contribution in [2.45, 2.75) is 5.16 Å². The van der Waals surface area contributed by atoms with Gasteiger partial charge in [0, 0.05) is 26.6 Å². The van der Waals surface area contributed by atoms with Crippen LogP contribution in [0.5, 0.6) is 0 Å². The Hall–Kier alpha value is -3.26. The number of aromatic nitrogens is 3. The molecular weight excluding hydrogens is 479 g/mol. The van der Waals surface area contributed by atoms with Crippen LogP contribution in [0.15, 0.2) is 82.7 Å². The summed E-state index contributed by atoms with van der Waals surface area (Å²) in [5.74, 6) is -0.158. The second-order valence-electron chi connectivity index (χ2n) is 7.25. The number of hydrogen-bond donors (Lipinski definition) is 2. The Balaban J connectivity index is 1.55. The predicted molar refractivity (Wildman–Crippen MR) is 135 cm³/mol. The fourth-order valence-corrected chi connectivity index (χ4v) is 4.58. The van der Waals surface area contributed by atoms with Crippen molar-refractivity contribution in [3.63, 3.8) is 0 Å². The third-order valence-corrected chi connectivity index (χ3v) is 6.48. The number of nitrogens with one attached hydrogen (secondary N) is 2. The van der Waals surface area contributed by atoms with Crippen LogP contribution in [0.25, 0.3) is 27.6 Å². The predicted octanol–water partition coefficient (Wildman–Crippen LogP) is 5.90. The summed E-state index contributed by atoms with van der Waals surface area (Å²) in [5, 5.41) is 5.23. The zero-order chi connectivity index (χ0) is 22.9. The molecule has 0 radical (unpaired) electrons. The lowest BCUT2D eigenvalue weighted by Crippen LogP contribution is -2.23. The van der Waals surface area contributed by atoms with Crippen LogP contribution in [0.4, 0.5) is 5.69 Å². The zero-order valence-corrected chi connectivity index (χ0v) is 19.3. The smallest absolute Gasteiger partial charge is 0.283 e. The summed E-state index contributed by atoms with van der Waals surface area (Å²) in [5.41, 5.74) is 2.79. The number of fused-ring (bicyclic) bond motifs is 3. The van der Waals surface area contributed by atoms with E-state index in [9.17, 15) is 9.59 Å². The maximum absolute atomic E-state index is 13.5. The number of amides is 1. The van der Waals surface area contributed by atoms with Gasteiger partial charge in [0.25, 0.3) is 5.56 Å². The van der Waals surface area contributed by atoms with Gasteiger partial charge in [0.2, 0.25) is 5.91 Å². The van der Waals surface area contributed by atoms with Crippen molar-refractivity contribution >= 4 is 68.5 Å². The minimum Gasteiger partial charge on any atom is -0.349 e. The molecule has 1 amide bonds. The molecule has 5 aromatic rings. The topological polar surface area (TPSA) is 79.8 Å². The SMILES string of the molecule is O=C(CSc1nc2c([nH]c3ccccc32)c(=O)n1-c1ccc(Cl)cc1)Nc1ccc(Cl)cc1. The first-order valence-electron chi connectivity index (χ1n) is 9.97. The number of anilines is 1. The van der Waals surface area contributed by atoms with Crippen LogP contribution in [-0.4, -0.2) is 26.2 Å². The number of aromatic amines is 1. The number of para-hydroxylation sites is 1. The molecule has 9 heteroatoms. The van der Waals surface area contributed by atoms with Crippen molar-refractivity contribution in [1.29, 1.82) is 0 Å². The van der Waals surface area contributed by atoms with E-state index in [4.69, 9.17) is 28.2 Å². The van der Waals surface area contributed by atoms with E-state index < -0.39 is 0 Å². The molecule has 0 aliphatic heterocycles. The van der Waals surface area contributed by atoms with Crippen LogP contribution in [0.1, 0.15) is 0 Å². The highest BCUT2D eigenvalue weighted by Crippen LogP contribution is 2.27. The van der Waals surface area contributed by atoms with E-state index in [1.54, 1.807) is 48.5 Å². The van der Waals surface area contributed by atoms with Crippen LogP contribution in [0.3, 0.4) is 0 Å². The van der Waals surface area contributed by atoms with Gasteiger partial charge in [-0.05, 0) is 54.6 Å². The lowest BCUT2D eigenvalue weighted by molar-refractivity contribution is -0.113. The van der Waals surface area contributed by atoms with Crippen LogP contribution in [0.2, 0.25) is 10.0 Å². The number of nitrogens with zero attached hydrogens (tertiary/aromatic N) is 2. The largest absolute Gasteiger partial charge is 0.349 e. The molecule has 33 heavy (non-hydrogen) atoms. The first-order chi connectivity index (χ1) is 16.0. The fourth-order valence-electron chi connectivity index (χ4n) is 3.52. The van der Waals surface area contributed by atoms with Crippen molar-refractivity contribution in [2.75, 3.05) is 11.1 Å². The van der Waals surface area contributed by atoms with Gasteiger partial charge < -0.3 is 10.3 Å². The molecule has 5 rings (SSSR count). The minimum atomic E-state index is -0.251. The molecule has 2 N–H and O–H groups in total. The van der Waals surface area contributed by atoms with Crippen molar-refractivity contribution in [3.8, 4) is 5.69 Å². The Morgan fingerprint density at radius 2 is 1.64 bits per heavy atom. The van der Waals surface area contributed by atoms with Gasteiger partial charge >= 0.3 is 0 Å². The van der Waals surface area contributed by atoms with E-state index in [0.29, 0.717) is 37.6 Å². The van der Waals surface area contributed by atoms with Crippen molar-refractivity contribution < 1.29 is 4.79 Å². The normalized spacial score (nSPS) is 11.2. The summed E-state index contributed by atoms with van der Waals surface area (Å²) >= 11 is 13.1. The summed E-state index contributed by atoms with van der Waals surface area (Å²) < 4.78 is 1.49. The molecule has 0 unspecified atom stereocenters. The van der Waals surface area contributed by atoms with Crippen molar-refractivity contribution in [3.05, 3.63) is 93.2 Å². The molecule has 2 aromatic heterocycles. The third kappa shape index (κ3) is 4.35. The van der Waals surface area contributed by atoms with Gasteiger partial charge in [0.1, 0.15) is 11.0 Å². The maximum Gasteiger partial charge on any atom is 0.283 e. The number of thioether (sulfide) groups is 1. The lowest BCUT2D eigenvalue weighted by Gasteiger charge is -2.12. The number of carbonyl (C=O) groups is 1.